The fourth-order valence-corrected chi connectivity index (χ4v) is 3.77. The number of fused-ring (bicyclic) bond motifs is 3. The summed E-state index contributed by atoms with van der Waals surface area (Å²) in [6.07, 6.45) is 0.907. The lowest BCUT2D eigenvalue weighted by Gasteiger charge is -2.26. The smallest absolute Gasteiger partial charge is 0.407 e. The van der Waals surface area contributed by atoms with E-state index < -0.39 is 30.1 Å². The molecule has 162 valence electrons. The Morgan fingerprint density at radius 1 is 1.13 bits per heavy atom. The number of rotatable bonds is 8. The molecule has 7 heteroatoms. The second kappa shape index (κ2) is 9.47. The molecule has 2 aromatic rings. The lowest BCUT2D eigenvalue weighted by atomic mass is 9.98. The van der Waals surface area contributed by atoms with Crippen LogP contribution >= 0.6 is 0 Å². The molecule has 0 bridgehead atoms. The summed E-state index contributed by atoms with van der Waals surface area (Å²) in [7, 11) is 1.39. The molecule has 0 radical (unpaired) electrons. The van der Waals surface area contributed by atoms with Crippen molar-refractivity contribution in [1.29, 1.82) is 0 Å². The molecule has 0 aromatic heterocycles. The van der Waals surface area contributed by atoms with Gasteiger partial charge in [0.15, 0.2) is 0 Å². The lowest BCUT2D eigenvalue weighted by Crippen LogP contribution is -2.51. The van der Waals surface area contributed by atoms with Crippen LogP contribution in [-0.2, 0) is 14.3 Å². The Kier molecular flexibility index (Phi) is 6.74. The zero-order chi connectivity index (χ0) is 22.5. The summed E-state index contributed by atoms with van der Waals surface area (Å²) < 4.78 is 5.48. The molecule has 2 N–H and O–H groups in total. The fraction of sp³-hybridized carbons (Fsp3) is 0.292. The van der Waals surface area contributed by atoms with E-state index in [4.69, 9.17) is 9.84 Å². The molecule has 1 aliphatic carbocycles. The van der Waals surface area contributed by atoms with Gasteiger partial charge in [-0.25, -0.2) is 9.59 Å². The first kappa shape index (κ1) is 22.1. The van der Waals surface area contributed by atoms with Crippen molar-refractivity contribution in [2.75, 3.05) is 13.7 Å². The molecular weight excluding hydrogens is 396 g/mol. The number of alkyl carbamates (subject to hydrolysis) is 1. The van der Waals surface area contributed by atoms with Crippen molar-refractivity contribution in [1.82, 2.24) is 10.2 Å². The van der Waals surface area contributed by atoms with Gasteiger partial charge in [-0.1, -0.05) is 54.6 Å². The Morgan fingerprint density at radius 2 is 1.68 bits per heavy atom. The van der Waals surface area contributed by atoms with Crippen LogP contribution in [-0.4, -0.2) is 53.7 Å². The number of hydrogen-bond acceptors (Lipinski definition) is 4. The number of carbonyl (C=O) groups is 3. The summed E-state index contributed by atoms with van der Waals surface area (Å²) in [5.41, 5.74) is 4.42. The highest BCUT2D eigenvalue weighted by Crippen LogP contribution is 2.44. The monoisotopic (exact) mass is 422 g/mol. The van der Waals surface area contributed by atoms with Gasteiger partial charge in [0.05, 0.1) is 0 Å². The van der Waals surface area contributed by atoms with E-state index in [9.17, 15) is 14.4 Å². The van der Waals surface area contributed by atoms with Crippen LogP contribution in [0.5, 0.6) is 0 Å². The van der Waals surface area contributed by atoms with Crippen LogP contribution in [0.1, 0.15) is 30.4 Å². The second-order valence-corrected chi connectivity index (χ2v) is 7.51. The number of carboxylic acid groups (broad SMARTS) is 1. The number of likely N-dealkylation sites (N-methyl/N-ethyl adjacent to an activating group) is 1. The molecule has 7 nitrogen and oxygen atoms in total. The highest BCUT2D eigenvalue weighted by atomic mass is 16.5. The number of carboxylic acids is 1. The van der Waals surface area contributed by atoms with Crippen LogP contribution in [0.2, 0.25) is 0 Å². The highest BCUT2D eigenvalue weighted by Gasteiger charge is 2.31. The van der Waals surface area contributed by atoms with Crippen molar-refractivity contribution in [3.8, 4) is 11.1 Å². The van der Waals surface area contributed by atoms with Gasteiger partial charge in [0.25, 0.3) is 0 Å². The molecule has 2 atom stereocenters. The molecule has 0 spiro atoms. The molecule has 3 rings (SSSR count). The number of hydrogen-bond donors (Lipinski definition) is 2. The van der Waals surface area contributed by atoms with Crippen LogP contribution < -0.4 is 5.32 Å². The van der Waals surface area contributed by atoms with E-state index in [-0.39, 0.29) is 18.9 Å². The number of ether oxygens (including phenoxy) is 1. The molecule has 2 unspecified atom stereocenters. The first-order valence-electron chi connectivity index (χ1n) is 10.1. The van der Waals surface area contributed by atoms with Gasteiger partial charge in [-0.2, -0.15) is 0 Å². The summed E-state index contributed by atoms with van der Waals surface area (Å²) >= 11 is 0. The van der Waals surface area contributed by atoms with Crippen molar-refractivity contribution in [3.63, 3.8) is 0 Å². The quantitative estimate of drug-likeness (QED) is 0.636. The largest absolute Gasteiger partial charge is 0.480 e. The zero-order valence-corrected chi connectivity index (χ0v) is 17.6. The van der Waals surface area contributed by atoms with Gasteiger partial charge in [0, 0.05) is 13.0 Å². The maximum Gasteiger partial charge on any atom is 0.407 e. The Morgan fingerprint density at radius 3 is 2.19 bits per heavy atom. The first-order valence-corrected chi connectivity index (χ1v) is 10.1. The molecule has 2 amide bonds. The Bertz CT molecular complexity index is 957. The van der Waals surface area contributed by atoms with E-state index in [0.717, 1.165) is 27.2 Å². The third-order valence-corrected chi connectivity index (χ3v) is 5.62. The minimum atomic E-state index is -1.13. The van der Waals surface area contributed by atoms with Gasteiger partial charge < -0.3 is 20.1 Å². The number of aliphatic carboxylic acids is 1. The van der Waals surface area contributed by atoms with Crippen molar-refractivity contribution in [3.05, 3.63) is 72.3 Å². The van der Waals surface area contributed by atoms with Crippen LogP contribution in [0.4, 0.5) is 4.79 Å². The number of carbonyl (C=O) groups excluding carboxylic acids is 2. The van der Waals surface area contributed by atoms with E-state index >= 15 is 0 Å². The van der Waals surface area contributed by atoms with E-state index in [1.54, 1.807) is 0 Å². The predicted octanol–water partition coefficient (Wildman–Crippen LogP) is 3.40. The van der Waals surface area contributed by atoms with Crippen molar-refractivity contribution < 1.29 is 24.2 Å². The average Bonchev–Trinajstić information content (AvgIpc) is 3.09. The van der Waals surface area contributed by atoms with Gasteiger partial charge in [0.2, 0.25) is 5.91 Å². The maximum atomic E-state index is 12.6. The summed E-state index contributed by atoms with van der Waals surface area (Å²) in [5.74, 6) is -1.75. The minimum Gasteiger partial charge on any atom is -0.480 e. The van der Waals surface area contributed by atoms with Gasteiger partial charge in [-0.3, -0.25) is 4.79 Å². The molecule has 0 heterocycles. The van der Waals surface area contributed by atoms with Crippen LogP contribution in [0.15, 0.2) is 61.2 Å². The SMILES string of the molecule is C=CCC(NC(=O)OCC1c2ccccc2-c2ccccc21)C(=O)N(C)C(C)C(=O)O. The summed E-state index contributed by atoms with van der Waals surface area (Å²) in [6, 6.07) is 14.0. The van der Waals surface area contributed by atoms with Crippen LogP contribution in [0, 0.1) is 0 Å². The molecule has 1 aliphatic rings. The number of amides is 2. The van der Waals surface area contributed by atoms with Gasteiger partial charge in [-0.05, 0) is 35.6 Å². The van der Waals surface area contributed by atoms with Gasteiger partial charge in [-0.15, -0.1) is 6.58 Å². The van der Waals surface area contributed by atoms with Crippen molar-refractivity contribution in [2.24, 2.45) is 0 Å². The molecule has 31 heavy (non-hydrogen) atoms. The molecule has 0 aliphatic heterocycles. The fourth-order valence-electron chi connectivity index (χ4n) is 3.77. The number of nitrogens with zero attached hydrogens (tertiary/aromatic N) is 1. The molecular formula is C24H26N2O5. The van der Waals surface area contributed by atoms with Crippen LogP contribution in [0.25, 0.3) is 11.1 Å². The van der Waals surface area contributed by atoms with Crippen molar-refractivity contribution in [2.45, 2.75) is 31.3 Å². The van der Waals surface area contributed by atoms with E-state index in [0.29, 0.717) is 0 Å². The minimum absolute atomic E-state index is 0.0959. The van der Waals surface area contributed by atoms with E-state index in [1.165, 1.54) is 20.0 Å². The standard InChI is InChI=1S/C24H26N2O5/c1-4-9-21(22(27)26(3)15(2)23(28)29)25-24(30)31-14-20-18-12-7-5-10-16(18)17-11-6-8-13-19(17)20/h4-8,10-13,15,20-21H,1,9,14H2,2-3H3,(H,25,30)(H,28,29). The Balaban J connectivity index is 1.68. The topological polar surface area (TPSA) is 95.9 Å². The Labute approximate surface area is 181 Å². The van der Waals surface area contributed by atoms with E-state index in [2.05, 4.69) is 11.9 Å². The van der Waals surface area contributed by atoms with Gasteiger partial charge >= 0.3 is 12.1 Å². The highest BCUT2D eigenvalue weighted by molar-refractivity contribution is 5.89. The third-order valence-electron chi connectivity index (χ3n) is 5.62. The Hall–Kier alpha value is -3.61. The second-order valence-electron chi connectivity index (χ2n) is 7.51. The number of benzene rings is 2. The average molecular weight is 422 g/mol. The molecule has 0 saturated heterocycles. The van der Waals surface area contributed by atoms with Crippen LogP contribution in [0.3, 0.4) is 0 Å². The van der Waals surface area contributed by atoms with Crippen molar-refractivity contribution >= 4 is 18.0 Å². The number of nitrogens with one attached hydrogen (secondary N) is 1. The molecule has 2 aromatic carbocycles. The predicted molar refractivity (Wildman–Crippen MR) is 117 cm³/mol. The lowest BCUT2D eigenvalue weighted by molar-refractivity contribution is -0.148. The third kappa shape index (κ3) is 4.60. The zero-order valence-electron chi connectivity index (χ0n) is 17.6. The first-order chi connectivity index (χ1) is 14.8. The molecule has 0 saturated carbocycles. The van der Waals surface area contributed by atoms with E-state index in [1.807, 2.05) is 48.5 Å². The molecule has 0 fully saturated rings. The summed E-state index contributed by atoms with van der Waals surface area (Å²) in [5, 5.41) is 11.7. The summed E-state index contributed by atoms with van der Waals surface area (Å²) in [6.45, 7) is 5.13. The maximum absolute atomic E-state index is 12.6. The normalized spacial score (nSPS) is 14.0. The van der Waals surface area contributed by atoms with Gasteiger partial charge in [0.1, 0.15) is 18.7 Å². The summed E-state index contributed by atoms with van der Waals surface area (Å²) in [4.78, 5) is 37.4.